The lowest BCUT2D eigenvalue weighted by Gasteiger charge is -2.17. The number of rotatable bonds is 3. The van der Waals surface area contributed by atoms with Crippen molar-refractivity contribution in [1.82, 2.24) is 4.57 Å². The van der Waals surface area contributed by atoms with Gasteiger partial charge in [0, 0.05) is 25.4 Å². The fourth-order valence-electron chi connectivity index (χ4n) is 2.40. The van der Waals surface area contributed by atoms with E-state index in [2.05, 4.69) is 26.1 Å². The SMILES string of the molecule is CC(Nc1ccc(=O)n(C)c1)C1CC1(C)C. The van der Waals surface area contributed by atoms with E-state index in [1.807, 2.05) is 12.3 Å². The summed E-state index contributed by atoms with van der Waals surface area (Å²) >= 11 is 0. The van der Waals surface area contributed by atoms with E-state index in [1.54, 1.807) is 17.7 Å². The van der Waals surface area contributed by atoms with E-state index in [9.17, 15) is 4.79 Å². The average Bonchev–Trinajstić information content (AvgIpc) is 2.82. The van der Waals surface area contributed by atoms with Crippen molar-refractivity contribution >= 4 is 5.69 Å². The number of pyridine rings is 1. The van der Waals surface area contributed by atoms with Crippen LogP contribution in [-0.2, 0) is 7.05 Å². The van der Waals surface area contributed by atoms with Gasteiger partial charge in [0.2, 0.25) is 5.56 Å². The van der Waals surface area contributed by atoms with E-state index < -0.39 is 0 Å². The number of nitrogens with zero attached hydrogens (tertiary/aromatic N) is 1. The maximum absolute atomic E-state index is 11.2. The van der Waals surface area contributed by atoms with Gasteiger partial charge in [0.1, 0.15) is 0 Å². The third-order valence-corrected chi connectivity index (χ3v) is 3.67. The molecule has 0 bridgehead atoms. The summed E-state index contributed by atoms with van der Waals surface area (Å²) in [6.45, 7) is 6.82. The molecule has 1 aromatic rings. The lowest BCUT2D eigenvalue weighted by Crippen LogP contribution is -2.22. The molecule has 1 heterocycles. The zero-order valence-corrected chi connectivity index (χ0v) is 10.4. The second-order valence-corrected chi connectivity index (χ2v) is 5.60. The van der Waals surface area contributed by atoms with Crippen LogP contribution in [0.3, 0.4) is 0 Å². The van der Waals surface area contributed by atoms with E-state index in [0.717, 1.165) is 11.6 Å². The molecule has 16 heavy (non-hydrogen) atoms. The zero-order chi connectivity index (χ0) is 11.9. The maximum atomic E-state index is 11.2. The monoisotopic (exact) mass is 220 g/mol. The number of hydrogen-bond donors (Lipinski definition) is 1. The van der Waals surface area contributed by atoms with Crippen LogP contribution in [0, 0.1) is 11.3 Å². The molecule has 3 heteroatoms. The molecule has 2 rings (SSSR count). The Balaban J connectivity index is 2.04. The predicted molar refractivity (Wildman–Crippen MR) is 66.7 cm³/mol. The molecule has 0 aromatic carbocycles. The van der Waals surface area contributed by atoms with Gasteiger partial charge in [-0.2, -0.15) is 0 Å². The molecule has 1 aliphatic carbocycles. The van der Waals surface area contributed by atoms with Crippen LogP contribution < -0.4 is 10.9 Å². The number of aryl methyl sites for hydroxylation is 1. The summed E-state index contributed by atoms with van der Waals surface area (Å²) in [6, 6.07) is 3.92. The van der Waals surface area contributed by atoms with E-state index in [1.165, 1.54) is 6.42 Å². The Morgan fingerprint density at radius 3 is 2.62 bits per heavy atom. The molecule has 0 radical (unpaired) electrons. The topological polar surface area (TPSA) is 34.0 Å². The first-order valence-electron chi connectivity index (χ1n) is 5.83. The molecule has 1 N–H and O–H groups in total. The molecule has 88 valence electrons. The standard InChI is InChI=1S/C13H20N2O/c1-9(11-7-13(11,2)3)14-10-5-6-12(16)15(4)8-10/h5-6,8-9,11,14H,7H2,1-4H3. The van der Waals surface area contributed by atoms with Gasteiger partial charge in [0.15, 0.2) is 0 Å². The summed E-state index contributed by atoms with van der Waals surface area (Å²) in [5, 5.41) is 3.47. The molecular weight excluding hydrogens is 200 g/mol. The molecular formula is C13H20N2O. The molecule has 1 aromatic heterocycles. The number of aromatic nitrogens is 1. The quantitative estimate of drug-likeness (QED) is 0.847. The van der Waals surface area contributed by atoms with Crippen LogP contribution in [0.5, 0.6) is 0 Å². The summed E-state index contributed by atoms with van der Waals surface area (Å²) in [5.41, 5.74) is 1.54. The fourth-order valence-corrected chi connectivity index (χ4v) is 2.40. The van der Waals surface area contributed by atoms with Crippen LogP contribution in [0.15, 0.2) is 23.1 Å². The Hall–Kier alpha value is -1.25. The van der Waals surface area contributed by atoms with Crippen LogP contribution in [0.25, 0.3) is 0 Å². The highest BCUT2D eigenvalue weighted by molar-refractivity contribution is 5.41. The third kappa shape index (κ3) is 2.13. The first-order valence-corrected chi connectivity index (χ1v) is 5.83. The second-order valence-electron chi connectivity index (χ2n) is 5.60. The molecule has 1 saturated carbocycles. The molecule has 2 atom stereocenters. The third-order valence-electron chi connectivity index (χ3n) is 3.67. The lowest BCUT2D eigenvalue weighted by molar-refractivity contribution is 0.518. The highest BCUT2D eigenvalue weighted by Gasteiger charge is 2.48. The normalized spacial score (nSPS) is 23.9. The van der Waals surface area contributed by atoms with Crippen LogP contribution in [0.2, 0.25) is 0 Å². The van der Waals surface area contributed by atoms with E-state index in [4.69, 9.17) is 0 Å². The van der Waals surface area contributed by atoms with Crippen molar-refractivity contribution in [3.05, 3.63) is 28.7 Å². The van der Waals surface area contributed by atoms with Crippen molar-refractivity contribution in [2.75, 3.05) is 5.32 Å². The summed E-state index contributed by atoms with van der Waals surface area (Å²) in [7, 11) is 1.78. The second kappa shape index (κ2) is 3.65. The first kappa shape index (κ1) is 11.2. The Bertz CT molecular complexity index is 447. The summed E-state index contributed by atoms with van der Waals surface area (Å²) in [6.07, 6.45) is 3.14. The largest absolute Gasteiger partial charge is 0.381 e. The van der Waals surface area contributed by atoms with Gasteiger partial charge >= 0.3 is 0 Å². The Morgan fingerprint density at radius 1 is 1.50 bits per heavy atom. The van der Waals surface area contributed by atoms with E-state index in [-0.39, 0.29) is 5.56 Å². The minimum atomic E-state index is 0.0324. The average molecular weight is 220 g/mol. The van der Waals surface area contributed by atoms with Crippen LogP contribution in [0.4, 0.5) is 5.69 Å². The van der Waals surface area contributed by atoms with Gasteiger partial charge < -0.3 is 9.88 Å². The maximum Gasteiger partial charge on any atom is 0.250 e. The van der Waals surface area contributed by atoms with Crippen LogP contribution >= 0.6 is 0 Å². The van der Waals surface area contributed by atoms with Gasteiger partial charge in [-0.1, -0.05) is 13.8 Å². The minimum Gasteiger partial charge on any atom is -0.381 e. The number of anilines is 1. The summed E-state index contributed by atoms with van der Waals surface area (Å²) in [5.74, 6) is 0.740. The highest BCUT2D eigenvalue weighted by atomic mass is 16.1. The predicted octanol–water partition coefficient (Wildman–Crippen LogP) is 2.23. The molecule has 0 aliphatic heterocycles. The van der Waals surface area contributed by atoms with E-state index in [0.29, 0.717) is 11.5 Å². The van der Waals surface area contributed by atoms with Crippen LogP contribution in [0.1, 0.15) is 27.2 Å². The zero-order valence-electron chi connectivity index (χ0n) is 10.4. The number of nitrogens with one attached hydrogen (secondary N) is 1. The molecule has 1 fully saturated rings. The number of hydrogen-bond acceptors (Lipinski definition) is 2. The van der Waals surface area contributed by atoms with Crippen molar-refractivity contribution in [3.63, 3.8) is 0 Å². The summed E-state index contributed by atoms with van der Waals surface area (Å²) in [4.78, 5) is 11.2. The summed E-state index contributed by atoms with van der Waals surface area (Å²) < 4.78 is 1.60. The molecule has 0 saturated heterocycles. The minimum absolute atomic E-state index is 0.0324. The van der Waals surface area contributed by atoms with Gasteiger partial charge in [0.25, 0.3) is 0 Å². The van der Waals surface area contributed by atoms with Crippen molar-refractivity contribution < 1.29 is 0 Å². The Morgan fingerprint density at radius 2 is 2.12 bits per heavy atom. The molecule has 0 amide bonds. The first-order chi connectivity index (χ1) is 7.40. The van der Waals surface area contributed by atoms with Gasteiger partial charge in [-0.15, -0.1) is 0 Å². The lowest BCUT2D eigenvalue weighted by atomic mass is 10.1. The smallest absolute Gasteiger partial charge is 0.250 e. The Labute approximate surface area is 96.5 Å². The molecule has 1 aliphatic rings. The molecule has 3 nitrogen and oxygen atoms in total. The molecule has 0 spiro atoms. The van der Waals surface area contributed by atoms with Gasteiger partial charge in [-0.25, -0.2) is 0 Å². The van der Waals surface area contributed by atoms with Crippen molar-refractivity contribution in [1.29, 1.82) is 0 Å². The molecule has 2 unspecified atom stereocenters. The van der Waals surface area contributed by atoms with Crippen LogP contribution in [-0.4, -0.2) is 10.6 Å². The fraction of sp³-hybridized carbons (Fsp3) is 0.615. The van der Waals surface area contributed by atoms with Gasteiger partial charge in [-0.05, 0) is 30.7 Å². The van der Waals surface area contributed by atoms with Crippen molar-refractivity contribution in [2.24, 2.45) is 18.4 Å². The Kier molecular flexibility index (Phi) is 2.56. The highest BCUT2D eigenvalue weighted by Crippen LogP contribution is 2.53. The van der Waals surface area contributed by atoms with Gasteiger partial charge in [0.05, 0.1) is 5.69 Å². The van der Waals surface area contributed by atoms with Crippen molar-refractivity contribution in [3.8, 4) is 0 Å². The van der Waals surface area contributed by atoms with Gasteiger partial charge in [-0.3, -0.25) is 4.79 Å². The van der Waals surface area contributed by atoms with Crippen molar-refractivity contribution in [2.45, 2.75) is 33.2 Å². The van der Waals surface area contributed by atoms with E-state index >= 15 is 0 Å².